The molecule has 1 aromatic heterocycles. The van der Waals surface area contributed by atoms with Crippen molar-refractivity contribution in [1.29, 1.82) is 0 Å². The molecule has 2 rings (SSSR count). The van der Waals surface area contributed by atoms with Crippen LogP contribution in [0, 0.1) is 5.82 Å². The lowest BCUT2D eigenvalue weighted by Gasteiger charge is -2.22. The number of halogens is 1. The van der Waals surface area contributed by atoms with E-state index in [1.807, 2.05) is 7.05 Å². The van der Waals surface area contributed by atoms with Crippen LogP contribution in [-0.4, -0.2) is 18.6 Å². The Bertz CT molecular complexity index is 392. The zero-order valence-electron chi connectivity index (χ0n) is 9.24. The predicted octanol–water partition coefficient (Wildman–Crippen LogP) is 2.18. The number of aromatic nitrogens is 1. The predicted molar refractivity (Wildman–Crippen MR) is 59.3 cm³/mol. The highest BCUT2D eigenvalue weighted by atomic mass is 19.1. The van der Waals surface area contributed by atoms with E-state index in [1.165, 1.54) is 12.3 Å². The van der Waals surface area contributed by atoms with E-state index >= 15 is 0 Å². The number of nitrogens with one attached hydrogen (secondary N) is 1. The molecule has 0 spiro atoms. The fourth-order valence-corrected chi connectivity index (χ4v) is 1.95. The Morgan fingerprint density at radius 3 is 3.00 bits per heavy atom. The second kappa shape index (κ2) is 5.07. The first kappa shape index (κ1) is 11.1. The van der Waals surface area contributed by atoms with Gasteiger partial charge in [-0.15, -0.1) is 0 Å². The molecule has 0 saturated heterocycles. The highest BCUT2D eigenvalue weighted by Crippen LogP contribution is 2.27. The van der Waals surface area contributed by atoms with Gasteiger partial charge in [0.15, 0.2) is 0 Å². The van der Waals surface area contributed by atoms with Gasteiger partial charge in [0.2, 0.25) is 0 Å². The van der Waals surface area contributed by atoms with Gasteiger partial charge in [-0.1, -0.05) is 0 Å². The summed E-state index contributed by atoms with van der Waals surface area (Å²) in [5.74, 6) is -0.310. The summed E-state index contributed by atoms with van der Waals surface area (Å²) in [6.07, 6.45) is 6.64. The smallest absolute Gasteiger partial charge is 0.141 e. The van der Waals surface area contributed by atoms with Gasteiger partial charge in [0.05, 0.1) is 25.1 Å². The van der Waals surface area contributed by atoms with Gasteiger partial charge in [0, 0.05) is 6.20 Å². The van der Waals surface area contributed by atoms with Gasteiger partial charge in [-0.3, -0.25) is 4.98 Å². The van der Waals surface area contributed by atoms with Crippen molar-refractivity contribution in [1.82, 2.24) is 10.3 Å². The Hall–Kier alpha value is -1.42. The normalized spacial score (nSPS) is 17.5. The van der Waals surface area contributed by atoms with E-state index in [-0.39, 0.29) is 11.9 Å². The van der Waals surface area contributed by atoms with E-state index in [4.69, 9.17) is 4.74 Å². The maximum absolute atomic E-state index is 13.1. The van der Waals surface area contributed by atoms with Gasteiger partial charge < -0.3 is 10.1 Å². The topological polar surface area (TPSA) is 34.1 Å². The minimum Gasteiger partial charge on any atom is -0.501 e. The standard InChI is InChI=1S/C12H15FN2O/c1-14-12(9-3-2-4-16-8-9)10-5-11(13)7-15-6-10/h5-8,12,14H,2-4H2,1H3. The molecule has 1 aromatic rings. The number of nitrogens with zero attached hydrogens (tertiary/aromatic N) is 1. The molecule has 1 N–H and O–H groups in total. The highest BCUT2D eigenvalue weighted by Gasteiger charge is 2.18. The first-order valence-electron chi connectivity index (χ1n) is 5.39. The van der Waals surface area contributed by atoms with Crippen molar-refractivity contribution in [2.45, 2.75) is 18.9 Å². The van der Waals surface area contributed by atoms with E-state index in [1.54, 1.807) is 12.5 Å². The molecule has 0 saturated carbocycles. The van der Waals surface area contributed by atoms with E-state index in [0.29, 0.717) is 0 Å². The third kappa shape index (κ3) is 2.39. The zero-order valence-corrected chi connectivity index (χ0v) is 9.24. The fraction of sp³-hybridized carbons (Fsp3) is 0.417. The van der Waals surface area contributed by atoms with Crippen LogP contribution in [0.15, 0.2) is 30.3 Å². The van der Waals surface area contributed by atoms with Gasteiger partial charge in [-0.2, -0.15) is 0 Å². The van der Waals surface area contributed by atoms with Crippen LogP contribution in [-0.2, 0) is 4.74 Å². The van der Waals surface area contributed by atoms with Crippen molar-refractivity contribution in [2.75, 3.05) is 13.7 Å². The summed E-state index contributed by atoms with van der Waals surface area (Å²) in [5.41, 5.74) is 1.97. The number of hydrogen-bond donors (Lipinski definition) is 1. The van der Waals surface area contributed by atoms with Crippen molar-refractivity contribution in [3.8, 4) is 0 Å². The van der Waals surface area contributed by atoms with Crippen molar-refractivity contribution >= 4 is 0 Å². The number of ether oxygens (including phenoxy) is 1. The lowest BCUT2D eigenvalue weighted by atomic mass is 9.96. The molecule has 0 aromatic carbocycles. The van der Waals surface area contributed by atoms with Crippen LogP contribution in [0.2, 0.25) is 0 Å². The van der Waals surface area contributed by atoms with Crippen molar-refractivity contribution in [3.05, 3.63) is 41.7 Å². The zero-order chi connectivity index (χ0) is 11.4. The molecule has 86 valence electrons. The molecule has 0 aliphatic carbocycles. The van der Waals surface area contributed by atoms with E-state index in [9.17, 15) is 4.39 Å². The van der Waals surface area contributed by atoms with Gasteiger partial charge in [-0.05, 0) is 37.1 Å². The largest absolute Gasteiger partial charge is 0.501 e. The van der Waals surface area contributed by atoms with E-state index in [2.05, 4.69) is 10.3 Å². The van der Waals surface area contributed by atoms with Crippen LogP contribution in [0.3, 0.4) is 0 Å². The molecule has 0 bridgehead atoms. The van der Waals surface area contributed by atoms with E-state index < -0.39 is 0 Å². The molecule has 3 nitrogen and oxygen atoms in total. The molecule has 0 fully saturated rings. The first-order chi connectivity index (χ1) is 7.81. The van der Waals surface area contributed by atoms with Crippen LogP contribution in [0.5, 0.6) is 0 Å². The summed E-state index contributed by atoms with van der Waals surface area (Å²) in [6.45, 7) is 0.765. The Labute approximate surface area is 94.3 Å². The number of rotatable bonds is 3. The molecule has 0 amide bonds. The SMILES string of the molecule is CNC(C1=COCCC1)c1cncc(F)c1. The average molecular weight is 222 g/mol. The Morgan fingerprint density at radius 1 is 1.50 bits per heavy atom. The minimum absolute atomic E-state index is 0.0106. The minimum atomic E-state index is -0.310. The summed E-state index contributed by atoms with van der Waals surface area (Å²) < 4.78 is 18.4. The summed E-state index contributed by atoms with van der Waals surface area (Å²) in [7, 11) is 1.85. The fourth-order valence-electron chi connectivity index (χ4n) is 1.95. The summed E-state index contributed by atoms with van der Waals surface area (Å²) in [5, 5.41) is 3.16. The van der Waals surface area contributed by atoms with Crippen molar-refractivity contribution in [2.24, 2.45) is 0 Å². The first-order valence-corrected chi connectivity index (χ1v) is 5.39. The molecule has 1 atom stereocenters. The molecule has 1 aliphatic rings. The van der Waals surface area contributed by atoms with E-state index in [0.717, 1.165) is 30.6 Å². The Kier molecular flexibility index (Phi) is 3.51. The van der Waals surface area contributed by atoms with Crippen LogP contribution in [0.25, 0.3) is 0 Å². The van der Waals surface area contributed by atoms with Crippen LogP contribution in [0.1, 0.15) is 24.4 Å². The second-order valence-corrected chi connectivity index (χ2v) is 3.83. The molecule has 0 radical (unpaired) electrons. The molecule has 1 unspecified atom stereocenters. The highest BCUT2D eigenvalue weighted by molar-refractivity contribution is 5.25. The van der Waals surface area contributed by atoms with Gasteiger partial charge in [0.25, 0.3) is 0 Å². The average Bonchev–Trinajstić information content (AvgIpc) is 2.31. The monoisotopic (exact) mass is 222 g/mol. The lowest BCUT2D eigenvalue weighted by Crippen LogP contribution is -2.21. The molecular formula is C12H15FN2O. The third-order valence-corrected chi connectivity index (χ3v) is 2.68. The molecule has 2 heterocycles. The van der Waals surface area contributed by atoms with Gasteiger partial charge in [0.1, 0.15) is 5.82 Å². The van der Waals surface area contributed by atoms with Gasteiger partial charge >= 0.3 is 0 Å². The summed E-state index contributed by atoms with van der Waals surface area (Å²) in [6, 6.07) is 1.49. The second-order valence-electron chi connectivity index (χ2n) is 3.83. The molecular weight excluding hydrogens is 207 g/mol. The number of hydrogen-bond acceptors (Lipinski definition) is 3. The lowest BCUT2D eigenvalue weighted by molar-refractivity contribution is 0.220. The Morgan fingerprint density at radius 2 is 2.38 bits per heavy atom. The number of likely N-dealkylation sites (N-methyl/N-ethyl adjacent to an activating group) is 1. The number of pyridine rings is 1. The Balaban J connectivity index is 2.25. The molecule has 16 heavy (non-hydrogen) atoms. The summed E-state index contributed by atoms with van der Waals surface area (Å²) in [4.78, 5) is 3.86. The third-order valence-electron chi connectivity index (χ3n) is 2.68. The van der Waals surface area contributed by atoms with Gasteiger partial charge in [-0.25, -0.2) is 4.39 Å². The molecule has 4 heteroatoms. The van der Waals surface area contributed by atoms with Crippen LogP contribution in [0.4, 0.5) is 4.39 Å². The molecule has 1 aliphatic heterocycles. The van der Waals surface area contributed by atoms with Crippen molar-refractivity contribution in [3.63, 3.8) is 0 Å². The van der Waals surface area contributed by atoms with Crippen LogP contribution < -0.4 is 5.32 Å². The summed E-state index contributed by atoms with van der Waals surface area (Å²) >= 11 is 0. The van der Waals surface area contributed by atoms with Crippen molar-refractivity contribution < 1.29 is 9.13 Å². The van der Waals surface area contributed by atoms with Crippen LogP contribution >= 0.6 is 0 Å². The maximum Gasteiger partial charge on any atom is 0.141 e. The maximum atomic E-state index is 13.1. The quantitative estimate of drug-likeness (QED) is 0.851.